The van der Waals surface area contributed by atoms with Gasteiger partial charge in [0.2, 0.25) is 0 Å². The van der Waals surface area contributed by atoms with Gasteiger partial charge in [0.15, 0.2) is 5.96 Å². The molecule has 1 aliphatic rings. The lowest BCUT2D eigenvalue weighted by Crippen LogP contribution is -2.40. The Balaban J connectivity index is 1.79. The molecular formula is C21H37N5O2S. The van der Waals surface area contributed by atoms with Crippen LogP contribution < -0.4 is 16.0 Å². The van der Waals surface area contributed by atoms with E-state index < -0.39 is 5.60 Å². The number of guanidine groups is 1. The molecule has 1 amide bonds. The van der Waals surface area contributed by atoms with Crippen molar-refractivity contribution in [1.29, 1.82) is 0 Å². The van der Waals surface area contributed by atoms with Crippen LogP contribution in [0.4, 0.5) is 4.79 Å². The highest BCUT2D eigenvalue weighted by Crippen LogP contribution is 2.28. The molecule has 1 atom stereocenters. The maximum atomic E-state index is 11.7. The third kappa shape index (κ3) is 9.04. The largest absolute Gasteiger partial charge is 0.444 e. The Bertz CT molecular complexity index is 622. The summed E-state index contributed by atoms with van der Waals surface area (Å²) in [6.07, 6.45) is 2.97. The van der Waals surface area contributed by atoms with E-state index in [0.29, 0.717) is 12.6 Å². The summed E-state index contributed by atoms with van der Waals surface area (Å²) in [4.78, 5) is 20.5. The van der Waals surface area contributed by atoms with Crippen molar-refractivity contribution < 1.29 is 9.53 Å². The molecule has 1 aromatic heterocycles. The predicted octanol–water partition coefficient (Wildman–Crippen LogP) is 3.35. The van der Waals surface area contributed by atoms with Gasteiger partial charge in [-0.3, -0.25) is 9.89 Å². The molecule has 1 unspecified atom stereocenters. The standard InChI is InChI=1S/C21H37N5O2S/c1-5-22-19(23-11-9-12-24-20(27)28-21(2,3)4)25-16-17(18-10-8-15-29-18)26-13-6-7-14-26/h8,10,15,17H,5-7,9,11-14,16H2,1-4H3,(H,24,27)(H2,22,23,25). The zero-order chi connectivity index (χ0) is 21.1. The molecule has 2 rings (SSSR count). The number of aliphatic imine (C=N–C) groups is 1. The van der Waals surface area contributed by atoms with Gasteiger partial charge in [-0.15, -0.1) is 11.3 Å². The van der Waals surface area contributed by atoms with Gasteiger partial charge in [0.1, 0.15) is 5.60 Å². The highest BCUT2D eigenvalue weighted by Gasteiger charge is 2.24. The fourth-order valence-corrected chi connectivity index (χ4v) is 4.09. The van der Waals surface area contributed by atoms with Crippen LogP contribution in [0.15, 0.2) is 22.5 Å². The molecule has 164 valence electrons. The molecule has 2 heterocycles. The molecule has 0 radical (unpaired) electrons. The molecule has 1 aliphatic heterocycles. The molecule has 8 heteroatoms. The van der Waals surface area contributed by atoms with Crippen LogP contribution >= 0.6 is 11.3 Å². The lowest BCUT2D eigenvalue weighted by atomic mass is 10.2. The van der Waals surface area contributed by atoms with Crippen molar-refractivity contribution in [2.24, 2.45) is 4.99 Å². The van der Waals surface area contributed by atoms with E-state index >= 15 is 0 Å². The van der Waals surface area contributed by atoms with Crippen molar-refractivity contribution in [2.45, 2.75) is 58.6 Å². The van der Waals surface area contributed by atoms with Crippen molar-refractivity contribution >= 4 is 23.4 Å². The van der Waals surface area contributed by atoms with Gasteiger partial charge in [0.05, 0.1) is 12.6 Å². The topological polar surface area (TPSA) is 78.0 Å². The van der Waals surface area contributed by atoms with E-state index in [0.717, 1.165) is 45.1 Å². The van der Waals surface area contributed by atoms with E-state index in [1.54, 1.807) is 0 Å². The maximum Gasteiger partial charge on any atom is 0.407 e. The number of alkyl carbamates (subject to hydrolysis) is 1. The second-order valence-corrected chi connectivity index (χ2v) is 9.18. The monoisotopic (exact) mass is 423 g/mol. The first kappa shape index (κ1) is 23.5. The minimum atomic E-state index is -0.471. The zero-order valence-corrected chi connectivity index (χ0v) is 19.1. The predicted molar refractivity (Wildman–Crippen MR) is 121 cm³/mol. The van der Waals surface area contributed by atoms with Gasteiger partial charge in [0.25, 0.3) is 0 Å². The summed E-state index contributed by atoms with van der Waals surface area (Å²) in [5.74, 6) is 0.825. The molecule has 0 bridgehead atoms. The van der Waals surface area contributed by atoms with Crippen molar-refractivity contribution in [1.82, 2.24) is 20.9 Å². The number of nitrogens with zero attached hydrogens (tertiary/aromatic N) is 2. The minimum absolute atomic E-state index is 0.349. The Labute approximate surface area is 179 Å². The van der Waals surface area contributed by atoms with Crippen LogP contribution in [0.25, 0.3) is 0 Å². The van der Waals surface area contributed by atoms with E-state index in [4.69, 9.17) is 9.73 Å². The zero-order valence-electron chi connectivity index (χ0n) is 18.3. The lowest BCUT2D eigenvalue weighted by Gasteiger charge is -2.25. The summed E-state index contributed by atoms with van der Waals surface area (Å²) >= 11 is 1.81. The first-order chi connectivity index (χ1) is 13.9. The summed E-state index contributed by atoms with van der Waals surface area (Å²) in [5, 5.41) is 11.6. The molecule has 3 N–H and O–H groups in total. The molecule has 1 aromatic rings. The van der Waals surface area contributed by atoms with Gasteiger partial charge in [0, 0.05) is 24.5 Å². The van der Waals surface area contributed by atoms with Crippen LogP contribution in [0.5, 0.6) is 0 Å². The number of hydrogen-bond donors (Lipinski definition) is 3. The van der Waals surface area contributed by atoms with Gasteiger partial charge < -0.3 is 20.7 Å². The molecule has 29 heavy (non-hydrogen) atoms. The first-order valence-corrected chi connectivity index (χ1v) is 11.5. The lowest BCUT2D eigenvalue weighted by molar-refractivity contribution is 0.0527. The van der Waals surface area contributed by atoms with E-state index in [-0.39, 0.29) is 6.09 Å². The Hall–Kier alpha value is -1.80. The molecule has 1 fully saturated rings. The van der Waals surface area contributed by atoms with Gasteiger partial charge in [-0.2, -0.15) is 0 Å². The molecule has 1 saturated heterocycles. The summed E-state index contributed by atoms with van der Waals surface area (Å²) < 4.78 is 5.24. The van der Waals surface area contributed by atoms with Gasteiger partial charge in [-0.05, 0) is 71.5 Å². The highest BCUT2D eigenvalue weighted by atomic mass is 32.1. The summed E-state index contributed by atoms with van der Waals surface area (Å²) in [6, 6.07) is 4.68. The smallest absolute Gasteiger partial charge is 0.407 e. The minimum Gasteiger partial charge on any atom is -0.444 e. The van der Waals surface area contributed by atoms with Gasteiger partial charge in [-0.25, -0.2) is 4.79 Å². The van der Waals surface area contributed by atoms with E-state index in [9.17, 15) is 4.79 Å². The number of hydrogen-bond acceptors (Lipinski definition) is 5. The molecule has 0 spiro atoms. The molecule has 0 saturated carbocycles. The normalized spacial score (nSPS) is 16.5. The Morgan fingerprint density at radius 1 is 1.24 bits per heavy atom. The number of nitrogens with one attached hydrogen (secondary N) is 3. The second kappa shape index (κ2) is 12.0. The molecule has 0 aromatic carbocycles. The quantitative estimate of drug-likeness (QED) is 0.323. The summed E-state index contributed by atoms with van der Waals surface area (Å²) in [6.45, 7) is 12.8. The van der Waals surface area contributed by atoms with Crippen LogP contribution in [0.3, 0.4) is 0 Å². The number of ether oxygens (including phenoxy) is 1. The number of rotatable bonds is 9. The van der Waals surface area contributed by atoms with Crippen molar-refractivity contribution in [3.8, 4) is 0 Å². The van der Waals surface area contributed by atoms with E-state index in [1.165, 1.54) is 17.7 Å². The van der Waals surface area contributed by atoms with E-state index in [1.807, 2.05) is 32.1 Å². The van der Waals surface area contributed by atoms with Crippen molar-refractivity contribution in [2.75, 3.05) is 39.3 Å². The number of likely N-dealkylation sites (tertiary alicyclic amines) is 1. The number of amides is 1. The Kier molecular flexibility index (Phi) is 9.73. The fraction of sp³-hybridized carbons (Fsp3) is 0.714. The van der Waals surface area contributed by atoms with Crippen LogP contribution in [0.1, 0.15) is 57.9 Å². The van der Waals surface area contributed by atoms with Crippen molar-refractivity contribution in [3.05, 3.63) is 22.4 Å². The SMILES string of the molecule is CCNC(=NCC(c1cccs1)N1CCCC1)NCCCNC(=O)OC(C)(C)C. The second-order valence-electron chi connectivity index (χ2n) is 8.20. The van der Waals surface area contributed by atoms with Crippen LogP contribution in [0.2, 0.25) is 0 Å². The average molecular weight is 424 g/mol. The van der Waals surface area contributed by atoms with Crippen LogP contribution in [-0.2, 0) is 4.74 Å². The first-order valence-electron chi connectivity index (χ1n) is 10.7. The average Bonchev–Trinajstić information content (AvgIpc) is 3.34. The maximum absolute atomic E-state index is 11.7. The molecular weight excluding hydrogens is 386 g/mol. The molecule has 7 nitrogen and oxygen atoms in total. The third-order valence-electron chi connectivity index (χ3n) is 4.53. The number of carbonyl (C=O) groups excluding carboxylic acids is 1. The Morgan fingerprint density at radius 3 is 2.59 bits per heavy atom. The van der Waals surface area contributed by atoms with Crippen LogP contribution in [-0.4, -0.2) is 61.8 Å². The third-order valence-corrected chi connectivity index (χ3v) is 5.51. The highest BCUT2D eigenvalue weighted by molar-refractivity contribution is 7.10. The summed E-state index contributed by atoms with van der Waals surface area (Å²) in [7, 11) is 0. The number of carbonyl (C=O) groups is 1. The van der Waals surface area contributed by atoms with Gasteiger partial charge >= 0.3 is 6.09 Å². The van der Waals surface area contributed by atoms with E-state index in [2.05, 4.69) is 45.3 Å². The van der Waals surface area contributed by atoms with Gasteiger partial charge in [-0.1, -0.05) is 6.07 Å². The fourth-order valence-electron chi connectivity index (χ4n) is 3.24. The van der Waals surface area contributed by atoms with Crippen LogP contribution in [0, 0.1) is 0 Å². The Morgan fingerprint density at radius 2 is 1.97 bits per heavy atom. The number of thiophene rings is 1. The summed E-state index contributed by atoms with van der Waals surface area (Å²) in [5.41, 5.74) is -0.471. The molecule has 0 aliphatic carbocycles. The van der Waals surface area contributed by atoms with Crippen molar-refractivity contribution in [3.63, 3.8) is 0 Å².